The van der Waals surface area contributed by atoms with Gasteiger partial charge >= 0.3 is 0 Å². The maximum atomic E-state index is 11.5. The Hall–Kier alpha value is -0.160. The number of piperidine rings is 1. The van der Waals surface area contributed by atoms with Gasteiger partial charge in [-0.25, -0.2) is 0 Å². The highest BCUT2D eigenvalue weighted by Gasteiger charge is 2.67. The molecule has 0 aromatic rings. The quantitative estimate of drug-likeness (QED) is 0.534. The molecular weight excluding hydrogens is 386 g/mol. The maximum Gasteiger partial charge on any atom is 0.181 e. The second kappa shape index (κ2) is 6.93. The third-order valence-corrected chi connectivity index (χ3v) is 12.0. The zero-order valence-electron chi connectivity index (χ0n) is 20.1. The van der Waals surface area contributed by atoms with E-state index in [2.05, 4.69) is 33.0 Å². The van der Waals surface area contributed by atoms with E-state index in [0.717, 1.165) is 55.9 Å². The summed E-state index contributed by atoms with van der Waals surface area (Å²) in [5, 5.41) is 25.5. The number of ether oxygens (including phenoxy) is 1. The molecule has 0 amide bonds. The average molecular weight is 432 g/mol. The van der Waals surface area contributed by atoms with Crippen molar-refractivity contribution in [3.05, 3.63) is 0 Å². The Bertz CT molecular complexity index is 729. The Morgan fingerprint density at radius 2 is 1.71 bits per heavy atom. The lowest BCUT2D eigenvalue weighted by Crippen LogP contribution is -2.68. The minimum absolute atomic E-state index is 0.0638. The van der Waals surface area contributed by atoms with Gasteiger partial charge < -0.3 is 20.3 Å². The molecule has 4 nitrogen and oxygen atoms in total. The normalized spacial score (nSPS) is 63.3. The fraction of sp³-hybridized carbons (Fsp3) is 1.00. The number of aliphatic hydroxyl groups is 2. The second-order valence-corrected chi connectivity index (χ2v) is 13.4. The van der Waals surface area contributed by atoms with Crippen LogP contribution in [0, 0.1) is 52.3 Å². The van der Waals surface area contributed by atoms with Crippen LogP contribution in [-0.4, -0.2) is 40.8 Å². The molecule has 2 heterocycles. The first-order valence-corrected chi connectivity index (χ1v) is 13.5. The van der Waals surface area contributed by atoms with E-state index in [1.165, 1.54) is 32.1 Å². The van der Waals surface area contributed by atoms with Gasteiger partial charge in [-0.15, -0.1) is 0 Å². The lowest BCUT2D eigenvalue weighted by molar-refractivity contribution is -0.311. The van der Waals surface area contributed by atoms with E-state index in [0.29, 0.717) is 28.6 Å². The lowest BCUT2D eigenvalue weighted by Gasteiger charge is -2.62. The maximum absolute atomic E-state index is 11.5. The van der Waals surface area contributed by atoms with Crippen LogP contribution in [-0.2, 0) is 4.74 Å². The molecule has 4 aliphatic carbocycles. The minimum atomic E-state index is -0.981. The predicted molar refractivity (Wildman–Crippen MR) is 121 cm³/mol. The molecule has 176 valence electrons. The van der Waals surface area contributed by atoms with Crippen molar-refractivity contribution in [2.45, 2.75) is 110 Å². The van der Waals surface area contributed by atoms with Gasteiger partial charge in [-0.1, -0.05) is 27.7 Å². The van der Waals surface area contributed by atoms with E-state index in [9.17, 15) is 10.2 Å². The van der Waals surface area contributed by atoms with E-state index in [4.69, 9.17) is 4.74 Å². The van der Waals surface area contributed by atoms with Gasteiger partial charge in [0.2, 0.25) is 0 Å². The Labute approximate surface area is 188 Å². The third-order valence-electron chi connectivity index (χ3n) is 12.0. The second-order valence-electron chi connectivity index (χ2n) is 13.4. The van der Waals surface area contributed by atoms with Crippen molar-refractivity contribution in [1.82, 2.24) is 5.32 Å². The first-order valence-electron chi connectivity index (χ1n) is 13.5. The van der Waals surface area contributed by atoms with Crippen molar-refractivity contribution in [3.63, 3.8) is 0 Å². The zero-order valence-corrected chi connectivity index (χ0v) is 20.1. The first-order chi connectivity index (χ1) is 14.7. The SMILES string of the molecule is C[C@@H]1CN[C@@H]2[C@@H](C)[C@H]3[C@H](C[C@H]4[C@@H]5CC[C@H]6C[C@@H](O)CC[C@]6(C)[C@H]5CC[C@]34C)O[C@]2(O)C1. The van der Waals surface area contributed by atoms with Gasteiger partial charge in [-0.3, -0.25) is 0 Å². The number of hydrogen-bond donors (Lipinski definition) is 3. The molecule has 0 spiro atoms. The smallest absolute Gasteiger partial charge is 0.181 e. The summed E-state index contributed by atoms with van der Waals surface area (Å²) >= 11 is 0. The van der Waals surface area contributed by atoms with Crippen molar-refractivity contribution in [2.75, 3.05) is 6.54 Å². The molecular formula is C27H45NO3. The molecule has 3 N–H and O–H groups in total. The molecule has 2 aliphatic heterocycles. The van der Waals surface area contributed by atoms with Crippen molar-refractivity contribution in [2.24, 2.45) is 52.3 Å². The average Bonchev–Trinajstić information content (AvgIpc) is 2.99. The van der Waals surface area contributed by atoms with Crippen LogP contribution in [0.2, 0.25) is 0 Å². The van der Waals surface area contributed by atoms with Crippen molar-refractivity contribution in [3.8, 4) is 0 Å². The Morgan fingerprint density at radius 1 is 0.935 bits per heavy atom. The monoisotopic (exact) mass is 431 g/mol. The van der Waals surface area contributed by atoms with Gasteiger partial charge in [0, 0.05) is 6.42 Å². The third kappa shape index (κ3) is 2.87. The van der Waals surface area contributed by atoms with Gasteiger partial charge in [-0.2, -0.15) is 0 Å². The van der Waals surface area contributed by atoms with Crippen LogP contribution in [0.15, 0.2) is 0 Å². The molecule has 0 bridgehead atoms. The highest BCUT2D eigenvalue weighted by molar-refractivity contribution is 5.15. The summed E-state index contributed by atoms with van der Waals surface area (Å²) in [6.45, 7) is 10.8. The van der Waals surface area contributed by atoms with E-state index in [-0.39, 0.29) is 18.2 Å². The molecule has 0 unspecified atom stereocenters. The summed E-state index contributed by atoms with van der Waals surface area (Å²) in [5.74, 6) is 3.57. The molecule has 6 fully saturated rings. The Balaban J connectivity index is 1.30. The standard InChI is InChI=1S/C27H45NO3/c1-15-13-27(30)24(28-14-15)16(2)23-22(31-27)12-21-19-6-5-17-11-18(29)7-9-25(17,3)20(19)8-10-26(21,23)4/h15-24,28-30H,5-14H2,1-4H3/t15-,16-,17-,18-,19+,20-,21-,22-,23-,24+,25-,26-,27+/m0/s1. The van der Waals surface area contributed by atoms with Crippen LogP contribution in [0.1, 0.15) is 85.5 Å². The van der Waals surface area contributed by atoms with Crippen molar-refractivity contribution >= 4 is 0 Å². The van der Waals surface area contributed by atoms with E-state index < -0.39 is 5.79 Å². The summed E-state index contributed by atoms with van der Waals surface area (Å²) in [6, 6.07) is 0.0753. The largest absolute Gasteiger partial charge is 0.393 e. The molecule has 4 saturated carbocycles. The molecule has 0 aromatic heterocycles. The summed E-state index contributed by atoms with van der Waals surface area (Å²) in [4.78, 5) is 0. The molecule has 6 rings (SSSR count). The molecule has 13 atom stereocenters. The highest BCUT2D eigenvalue weighted by Crippen LogP contribution is 2.70. The zero-order chi connectivity index (χ0) is 21.8. The van der Waals surface area contributed by atoms with E-state index >= 15 is 0 Å². The molecule has 0 radical (unpaired) electrons. The minimum Gasteiger partial charge on any atom is -0.393 e. The van der Waals surface area contributed by atoms with Gasteiger partial charge in [0.15, 0.2) is 5.79 Å². The fourth-order valence-electron chi connectivity index (χ4n) is 10.7. The van der Waals surface area contributed by atoms with Crippen LogP contribution in [0.25, 0.3) is 0 Å². The van der Waals surface area contributed by atoms with Gasteiger partial charge in [0.25, 0.3) is 0 Å². The summed E-state index contributed by atoms with van der Waals surface area (Å²) < 4.78 is 6.69. The van der Waals surface area contributed by atoms with Crippen LogP contribution >= 0.6 is 0 Å². The number of fused-ring (bicyclic) bond motifs is 8. The number of nitrogens with one attached hydrogen (secondary N) is 1. The number of aliphatic hydroxyl groups excluding tert-OH is 1. The number of rotatable bonds is 0. The van der Waals surface area contributed by atoms with Gasteiger partial charge in [0.05, 0.1) is 18.2 Å². The van der Waals surface area contributed by atoms with E-state index in [1.54, 1.807) is 0 Å². The molecule has 31 heavy (non-hydrogen) atoms. The molecule has 4 heteroatoms. The van der Waals surface area contributed by atoms with Crippen molar-refractivity contribution < 1.29 is 14.9 Å². The van der Waals surface area contributed by atoms with Gasteiger partial charge in [-0.05, 0) is 110 Å². The van der Waals surface area contributed by atoms with Crippen molar-refractivity contribution in [1.29, 1.82) is 0 Å². The predicted octanol–water partition coefficient (Wildman–Crippen LogP) is 4.34. The van der Waals surface area contributed by atoms with E-state index in [1.807, 2.05) is 0 Å². The Kier molecular flexibility index (Phi) is 4.78. The number of hydrogen-bond acceptors (Lipinski definition) is 4. The van der Waals surface area contributed by atoms with Crippen LogP contribution in [0.3, 0.4) is 0 Å². The highest BCUT2D eigenvalue weighted by atomic mass is 16.6. The molecule has 2 saturated heterocycles. The fourth-order valence-corrected chi connectivity index (χ4v) is 10.7. The van der Waals surface area contributed by atoms with Crippen LogP contribution < -0.4 is 5.32 Å². The molecule has 6 aliphatic rings. The summed E-state index contributed by atoms with van der Waals surface area (Å²) in [6.07, 6.45) is 10.7. The summed E-state index contributed by atoms with van der Waals surface area (Å²) in [5.41, 5.74) is 0.765. The topological polar surface area (TPSA) is 61.7 Å². The lowest BCUT2D eigenvalue weighted by atomic mass is 9.44. The van der Waals surface area contributed by atoms with Gasteiger partial charge in [0.1, 0.15) is 0 Å². The van der Waals surface area contributed by atoms with Crippen LogP contribution in [0.5, 0.6) is 0 Å². The first kappa shape index (κ1) is 21.4. The Morgan fingerprint density at radius 3 is 2.52 bits per heavy atom. The van der Waals surface area contributed by atoms with Crippen LogP contribution in [0.4, 0.5) is 0 Å². The summed E-state index contributed by atoms with van der Waals surface area (Å²) in [7, 11) is 0. The molecule has 0 aromatic carbocycles.